The van der Waals surface area contributed by atoms with Gasteiger partial charge in [-0.1, -0.05) is 6.92 Å². The van der Waals surface area contributed by atoms with E-state index < -0.39 is 0 Å². The first-order chi connectivity index (χ1) is 6.81. The lowest BCUT2D eigenvalue weighted by Crippen LogP contribution is -1.98. The van der Waals surface area contributed by atoms with Crippen LogP contribution in [0.2, 0.25) is 0 Å². The van der Waals surface area contributed by atoms with Crippen LogP contribution in [0.3, 0.4) is 0 Å². The third-order valence-corrected chi connectivity index (χ3v) is 2.20. The zero-order chi connectivity index (χ0) is 9.97. The monoisotopic (exact) mass is 255 g/mol. The summed E-state index contributed by atoms with van der Waals surface area (Å²) in [5.41, 5.74) is 0.752. The smallest absolute Gasteiger partial charge is 0.197 e. The Bertz CT molecular complexity index is 441. The van der Waals surface area contributed by atoms with Gasteiger partial charge in [0.2, 0.25) is 0 Å². The lowest BCUT2D eigenvalue weighted by atomic mass is 10.4. The van der Waals surface area contributed by atoms with Gasteiger partial charge in [-0.2, -0.15) is 5.10 Å². The summed E-state index contributed by atoms with van der Waals surface area (Å²) < 4.78 is 8.18. The highest BCUT2D eigenvalue weighted by Gasteiger charge is 2.05. The summed E-state index contributed by atoms with van der Waals surface area (Å²) >= 11 is 3.39. The van der Waals surface area contributed by atoms with Crippen molar-refractivity contribution in [2.75, 3.05) is 6.61 Å². The topological polar surface area (TPSA) is 39.4 Å². The Labute approximate surface area is 90.0 Å². The maximum absolute atomic E-state index is 5.55. The Balaban J connectivity index is 2.44. The maximum Gasteiger partial charge on any atom is 0.197 e. The third-order valence-electron chi connectivity index (χ3n) is 1.77. The van der Waals surface area contributed by atoms with Gasteiger partial charge in [-0.15, -0.1) is 0 Å². The number of halogens is 1. The molecule has 0 aliphatic rings. The molecule has 2 aromatic heterocycles. The van der Waals surface area contributed by atoms with Crippen molar-refractivity contribution in [2.45, 2.75) is 13.3 Å². The molecule has 2 rings (SSSR count). The molecule has 14 heavy (non-hydrogen) atoms. The van der Waals surface area contributed by atoms with E-state index in [1.165, 1.54) is 6.33 Å². The maximum atomic E-state index is 5.55. The number of hydrogen-bond donors (Lipinski definition) is 0. The molecule has 0 aromatic carbocycles. The first-order valence-corrected chi connectivity index (χ1v) is 5.22. The van der Waals surface area contributed by atoms with Gasteiger partial charge >= 0.3 is 0 Å². The van der Waals surface area contributed by atoms with Crippen LogP contribution < -0.4 is 4.74 Å². The SMILES string of the molecule is CCCOc1cc(Br)cn2ncnc12. The number of pyridine rings is 1. The van der Waals surface area contributed by atoms with Crippen LogP contribution in [-0.2, 0) is 0 Å². The van der Waals surface area contributed by atoms with E-state index in [1.807, 2.05) is 12.3 Å². The second-order valence-corrected chi connectivity index (χ2v) is 3.81. The zero-order valence-electron chi connectivity index (χ0n) is 7.77. The molecule has 0 aliphatic carbocycles. The van der Waals surface area contributed by atoms with Crippen LogP contribution in [-0.4, -0.2) is 21.2 Å². The molecule has 0 N–H and O–H groups in total. The van der Waals surface area contributed by atoms with Crippen molar-refractivity contribution in [1.29, 1.82) is 0 Å². The molecule has 0 radical (unpaired) electrons. The molecule has 2 heterocycles. The van der Waals surface area contributed by atoms with E-state index >= 15 is 0 Å². The van der Waals surface area contributed by atoms with Gasteiger partial charge in [0.15, 0.2) is 11.4 Å². The molecule has 74 valence electrons. The van der Waals surface area contributed by atoms with Crippen molar-refractivity contribution < 1.29 is 4.74 Å². The Morgan fingerprint density at radius 2 is 2.43 bits per heavy atom. The number of nitrogens with zero attached hydrogens (tertiary/aromatic N) is 3. The van der Waals surface area contributed by atoms with Crippen molar-refractivity contribution in [3.63, 3.8) is 0 Å². The van der Waals surface area contributed by atoms with Crippen LogP contribution in [0.4, 0.5) is 0 Å². The van der Waals surface area contributed by atoms with Crippen LogP contribution >= 0.6 is 15.9 Å². The Morgan fingerprint density at radius 1 is 1.57 bits per heavy atom. The molecule has 0 aliphatic heterocycles. The summed E-state index contributed by atoms with van der Waals surface area (Å²) in [6.07, 6.45) is 4.34. The van der Waals surface area contributed by atoms with Gasteiger partial charge in [0.25, 0.3) is 0 Å². The summed E-state index contributed by atoms with van der Waals surface area (Å²) in [7, 11) is 0. The highest BCUT2D eigenvalue weighted by atomic mass is 79.9. The second kappa shape index (κ2) is 3.96. The van der Waals surface area contributed by atoms with Gasteiger partial charge < -0.3 is 4.74 Å². The van der Waals surface area contributed by atoms with E-state index in [0.29, 0.717) is 6.61 Å². The summed E-state index contributed by atoms with van der Waals surface area (Å²) in [6, 6.07) is 1.90. The van der Waals surface area contributed by atoms with E-state index in [2.05, 4.69) is 32.9 Å². The minimum absolute atomic E-state index is 0.693. The number of rotatable bonds is 3. The summed E-state index contributed by atoms with van der Waals surface area (Å²) in [5, 5.41) is 4.04. The van der Waals surface area contributed by atoms with Crippen LogP contribution in [0.15, 0.2) is 23.1 Å². The lowest BCUT2D eigenvalue weighted by Gasteiger charge is -2.05. The molecule has 4 nitrogen and oxygen atoms in total. The Morgan fingerprint density at radius 3 is 3.21 bits per heavy atom. The molecular formula is C9H10BrN3O. The molecule has 0 saturated heterocycles. The van der Waals surface area contributed by atoms with Crippen LogP contribution in [0.1, 0.15) is 13.3 Å². The largest absolute Gasteiger partial charge is 0.490 e. The molecule has 0 fully saturated rings. The first-order valence-electron chi connectivity index (χ1n) is 4.43. The average molecular weight is 256 g/mol. The fourth-order valence-corrected chi connectivity index (χ4v) is 1.58. The minimum atomic E-state index is 0.693. The molecule has 0 saturated carbocycles. The van der Waals surface area contributed by atoms with E-state index in [1.54, 1.807) is 4.52 Å². The van der Waals surface area contributed by atoms with E-state index in [9.17, 15) is 0 Å². The standard InChI is InChI=1S/C9H10BrN3O/c1-2-3-14-8-4-7(10)5-13-9(8)11-6-12-13/h4-6H,2-3H2,1H3. The number of hydrogen-bond acceptors (Lipinski definition) is 3. The Hall–Kier alpha value is -1.10. The van der Waals surface area contributed by atoms with Gasteiger partial charge in [-0.3, -0.25) is 0 Å². The van der Waals surface area contributed by atoms with Crippen LogP contribution in [0.25, 0.3) is 5.65 Å². The summed E-state index contributed by atoms with van der Waals surface area (Å²) in [5.74, 6) is 0.763. The van der Waals surface area contributed by atoms with Gasteiger partial charge in [0.05, 0.1) is 6.61 Å². The number of fused-ring (bicyclic) bond motifs is 1. The lowest BCUT2D eigenvalue weighted by molar-refractivity contribution is 0.319. The molecular weight excluding hydrogens is 246 g/mol. The quantitative estimate of drug-likeness (QED) is 0.845. The van der Waals surface area contributed by atoms with Crippen LogP contribution in [0, 0.1) is 0 Å². The van der Waals surface area contributed by atoms with Crippen LogP contribution in [0.5, 0.6) is 5.75 Å². The van der Waals surface area contributed by atoms with Crippen molar-refractivity contribution in [2.24, 2.45) is 0 Å². The van der Waals surface area contributed by atoms with Crippen molar-refractivity contribution in [3.8, 4) is 5.75 Å². The van der Waals surface area contributed by atoms with Gasteiger partial charge in [0, 0.05) is 10.7 Å². The molecule has 2 aromatic rings. The fourth-order valence-electron chi connectivity index (χ4n) is 1.18. The van der Waals surface area contributed by atoms with E-state index in [4.69, 9.17) is 4.74 Å². The first kappa shape index (κ1) is 9.45. The van der Waals surface area contributed by atoms with Gasteiger partial charge in [0.1, 0.15) is 6.33 Å². The molecule has 0 bridgehead atoms. The van der Waals surface area contributed by atoms with E-state index in [0.717, 1.165) is 22.3 Å². The number of aromatic nitrogens is 3. The normalized spacial score (nSPS) is 10.7. The average Bonchev–Trinajstić information content (AvgIpc) is 2.61. The van der Waals surface area contributed by atoms with Crippen molar-refractivity contribution >= 4 is 21.6 Å². The molecule has 0 unspecified atom stereocenters. The number of ether oxygens (including phenoxy) is 1. The minimum Gasteiger partial charge on any atom is -0.490 e. The molecule has 0 spiro atoms. The fraction of sp³-hybridized carbons (Fsp3) is 0.333. The van der Waals surface area contributed by atoms with Gasteiger partial charge in [-0.05, 0) is 28.4 Å². The van der Waals surface area contributed by atoms with Crippen molar-refractivity contribution in [3.05, 3.63) is 23.1 Å². The highest BCUT2D eigenvalue weighted by molar-refractivity contribution is 9.10. The Kier molecular flexibility index (Phi) is 2.67. The van der Waals surface area contributed by atoms with E-state index in [-0.39, 0.29) is 0 Å². The predicted molar refractivity (Wildman–Crippen MR) is 56.5 cm³/mol. The summed E-state index contributed by atoms with van der Waals surface area (Å²) in [4.78, 5) is 4.12. The molecule has 5 heteroatoms. The highest BCUT2D eigenvalue weighted by Crippen LogP contribution is 2.22. The second-order valence-electron chi connectivity index (χ2n) is 2.90. The molecule has 0 amide bonds. The third kappa shape index (κ3) is 1.72. The van der Waals surface area contributed by atoms with Crippen molar-refractivity contribution in [1.82, 2.24) is 14.6 Å². The summed E-state index contributed by atoms with van der Waals surface area (Å²) in [6.45, 7) is 2.76. The zero-order valence-corrected chi connectivity index (χ0v) is 9.36. The molecule has 0 atom stereocenters. The van der Waals surface area contributed by atoms with Gasteiger partial charge in [-0.25, -0.2) is 9.50 Å². The predicted octanol–water partition coefficient (Wildman–Crippen LogP) is 2.28.